The summed E-state index contributed by atoms with van der Waals surface area (Å²) in [5.41, 5.74) is 1.46. The zero-order chi connectivity index (χ0) is 15.7. The van der Waals surface area contributed by atoms with Gasteiger partial charge in [-0.1, -0.05) is 18.2 Å². The molecule has 2 heterocycles. The molecule has 0 spiro atoms. The fourth-order valence-corrected chi connectivity index (χ4v) is 2.76. The van der Waals surface area contributed by atoms with Crippen LogP contribution in [0.3, 0.4) is 0 Å². The summed E-state index contributed by atoms with van der Waals surface area (Å²) >= 11 is 0. The van der Waals surface area contributed by atoms with Crippen LogP contribution in [0.15, 0.2) is 36.5 Å². The van der Waals surface area contributed by atoms with Gasteiger partial charge in [-0.25, -0.2) is 0 Å². The number of ether oxygens (including phenoxy) is 1. The maximum Gasteiger partial charge on any atom is 0.268 e. The molecule has 1 aliphatic rings. The van der Waals surface area contributed by atoms with Crippen molar-refractivity contribution >= 4 is 5.91 Å². The van der Waals surface area contributed by atoms with Crippen LogP contribution in [0.5, 0.6) is 5.75 Å². The van der Waals surface area contributed by atoms with Gasteiger partial charge in [0.25, 0.3) is 5.91 Å². The summed E-state index contributed by atoms with van der Waals surface area (Å²) < 4.78 is 5.96. The number of carbonyl (C=O) groups excluding carboxylic acids is 1. The molecule has 1 atom stereocenters. The molecule has 1 amide bonds. The molecule has 22 heavy (non-hydrogen) atoms. The fraction of sp³-hybridized carbons (Fsp3) is 0.294. The predicted octanol–water partition coefficient (Wildman–Crippen LogP) is 2.92. The lowest BCUT2D eigenvalue weighted by molar-refractivity contribution is 0.0618. The molecule has 0 aliphatic carbocycles. The lowest BCUT2D eigenvalue weighted by Crippen LogP contribution is -2.41. The Morgan fingerprint density at radius 1 is 1.45 bits per heavy atom. The van der Waals surface area contributed by atoms with Crippen molar-refractivity contribution in [1.82, 2.24) is 10.3 Å². The SMILES string of the molecule is CC1(C)CC(NC(=O)c2cc(C#N)c[nH]2)c2ccccc2O1. The monoisotopic (exact) mass is 295 g/mol. The number of nitrogens with zero attached hydrogens (tertiary/aromatic N) is 1. The third kappa shape index (κ3) is 2.68. The van der Waals surface area contributed by atoms with Crippen molar-refractivity contribution in [1.29, 1.82) is 5.26 Å². The number of nitriles is 1. The first kappa shape index (κ1) is 14.2. The third-order valence-corrected chi connectivity index (χ3v) is 3.74. The molecule has 2 N–H and O–H groups in total. The Bertz CT molecular complexity index is 755. The van der Waals surface area contributed by atoms with Crippen LogP contribution in [0.4, 0.5) is 0 Å². The summed E-state index contributed by atoms with van der Waals surface area (Å²) in [6, 6.07) is 11.2. The number of carbonyl (C=O) groups is 1. The Morgan fingerprint density at radius 2 is 2.23 bits per heavy atom. The van der Waals surface area contributed by atoms with Crippen molar-refractivity contribution in [2.75, 3.05) is 0 Å². The second kappa shape index (κ2) is 5.23. The molecule has 1 aromatic heterocycles. The molecular weight excluding hydrogens is 278 g/mol. The first-order valence-electron chi connectivity index (χ1n) is 7.16. The highest BCUT2D eigenvalue weighted by Crippen LogP contribution is 2.39. The minimum absolute atomic E-state index is 0.124. The topological polar surface area (TPSA) is 77.9 Å². The van der Waals surface area contributed by atoms with Gasteiger partial charge in [0.15, 0.2) is 0 Å². The van der Waals surface area contributed by atoms with Crippen molar-refractivity contribution in [2.24, 2.45) is 0 Å². The largest absolute Gasteiger partial charge is 0.487 e. The molecule has 5 heteroatoms. The summed E-state index contributed by atoms with van der Waals surface area (Å²) in [5, 5.41) is 11.9. The molecule has 0 saturated carbocycles. The van der Waals surface area contributed by atoms with E-state index in [2.05, 4.69) is 10.3 Å². The van der Waals surface area contributed by atoms with Crippen LogP contribution in [0.2, 0.25) is 0 Å². The number of hydrogen-bond acceptors (Lipinski definition) is 3. The summed E-state index contributed by atoms with van der Waals surface area (Å²) in [5.74, 6) is 0.576. The molecule has 1 aliphatic heterocycles. The minimum Gasteiger partial charge on any atom is -0.487 e. The molecule has 1 unspecified atom stereocenters. The number of rotatable bonds is 2. The van der Waals surface area contributed by atoms with Crippen LogP contribution in [0.1, 0.15) is 47.9 Å². The predicted molar refractivity (Wildman–Crippen MR) is 81.5 cm³/mol. The number of benzene rings is 1. The first-order valence-corrected chi connectivity index (χ1v) is 7.16. The fourth-order valence-electron chi connectivity index (χ4n) is 2.76. The van der Waals surface area contributed by atoms with E-state index in [0.717, 1.165) is 11.3 Å². The van der Waals surface area contributed by atoms with Crippen LogP contribution in [0.25, 0.3) is 0 Å². The van der Waals surface area contributed by atoms with E-state index in [-0.39, 0.29) is 17.6 Å². The van der Waals surface area contributed by atoms with Crippen molar-refractivity contribution in [3.8, 4) is 11.8 Å². The van der Waals surface area contributed by atoms with E-state index in [9.17, 15) is 4.79 Å². The van der Waals surface area contributed by atoms with Crippen molar-refractivity contribution in [3.05, 3.63) is 53.3 Å². The Hall–Kier alpha value is -2.74. The summed E-state index contributed by atoms with van der Waals surface area (Å²) in [7, 11) is 0. The van der Waals surface area contributed by atoms with Crippen LogP contribution >= 0.6 is 0 Å². The highest BCUT2D eigenvalue weighted by molar-refractivity contribution is 5.93. The van der Waals surface area contributed by atoms with Gasteiger partial charge in [-0.15, -0.1) is 0 Å². The van der Waals surface area contributed by atoms with Gasteiger partial charge in [-0.3, -0.25) is 4.79 Å². The molecule has 0 fully saturated rings. The van der Waals surface area contributed by atoms with E-state index in [4.69, 9.17) is 10.00 Å². The smallest absolute Gasteiger partial charge is 0.268 e. The molecule has 0 radical (unpaired) electrons. The zero-order valence-electron chi connectivity index (χ0n) is 12.5. The normalized spacial score (nSPS) is 18.7. The number of H-pyrrole nitrogens is 1. The maximum absolute atomic E-state index is 12.4. The molecule has 2 aromatic rings. The van der Waals surface area contributed by atoms with E-state index in [1.54, 1.807) is 6.07 Å². The van der Waals surface area contributed by atoms with Crippen molar-refractivity contribution < 1.29 is 9.53 Å². The average molecular weight is 295 g/mol. The Labute approximate surface area is 128 Å². The van der Waals surface area contributed by atoms with Crippen molar-refractivity contribution in [3.63, 3.8) is 0 Å². The van der Waals surface area contributed by atoms with Crippen LogP contribution in [0, 0.1) is 11.3 Å². The molecule has 0 saturated heterocycles. The lowest BCUT2D eigenvalue weighted by atomic mass is 9.89. The highest BCUT2D eigenvalue weighted by Gasteiger charge is 2.34. The number of para-hydroxylation sites is 1. The number of aromatic amines is 1. The average Bonchev–Trinajstić information content (AvgIpc) is 2.95. The first-order chi connectivity index (χ1) is 10.5. The molecule has 5 nitrogen and oxygen atoms in total. The number of amides is 1. The van der Waals surface area contributed by atoms with Gasteiger partial charge in [-0.2, -0.15) is 5.26 Å². The van der Waals surface area contributed by atoms with Gasteiger partial charge >= 0.3 is 0 Å². The molecule has 112 valence electrons. The highest BCUT2D eigenvalue weighted by atomic mass is 16.5. The maximum atomic E-state index is 12.4. The van der Waals surface area contributed by atoms with Gasteiger partial charge in [0.05, 0.1) is 11.6 Å². The second-order valence-electron chi connectivity index (χ2n) is 6.04. The van der Waals surface area contributed by atoms with Crippen LogP contribution in [-0.4, -0.2) is 16.5 Å². The lowest BCUT2D eigenvalue weighted by Gasteiger charge is -2.37. The summed E-state index contributed by atoms with van der Waals surface area (Å²) in [4.78, 5) is 15.2. The van der Waals surface area contributed by atoms with Gasteiger partial charge < -0.3 is 15.0 Å². The Kier molecular flexibility index (Phi) is 3.38. The molecule has 0 bridgehead atoms. The van der Waals surface area contributed by atoms with Crippen molar-refractivity contribution in [2.45, 2.75) is 31.9 Å². The molecule has 1 aromatic carbocycles. The van der Waals surface area contributed by atoms with E-state index < -0.39 is 0 Å². The van der Waals surface area contributed by atoms with Gasteiger partial charge in [-0.05, 0) is 26.0 Å². The minimum atomic E-state index is -0.347. The van der Waals surface area contributed by atoms with Gasteiger partial charge in [0.2, 0.25) is 0 Å². The summed E-state index contributed by atoms with van der Waals surface area (Å²) in [6.45, 7) is 4.01. The van der Waals surface area contributed by atoms with Gasteiger partial charge in [0, 0.05) is 18.2 Å². The number of hydrogen-bond donors (Lipinski definition) is 2. The van der Waals surface area contributed by atoms with E-state index in [0.29, 0.717) is 17.7 Å². The van der Waals surface area contributed by atoms with Crippen LogP contribution in [-0.2, 0) is 0 Å². The van der Waals surface area contributed by atoms with Gasteiger partial charge in [0.1, 0.15) is 23.1 Å². The Morgan fingerprint density at radius 3 is 2.95 bits per heavy atom. The summed E-state index contributed by atoms with van der Waals surface area (Å²) in [6.07, 6.45) is 2.21. The number of aromatic nitrogens is 1. The second-order valence-corrected chi connectivity index (χ2v) is 6.04. The third-order valence-electron chi connectivity index (χ3n) is 3.74. The zero-order valence-corrected chi connectivity index (χ0v) is 12.5. The number of fused-ring (bicyclic) bond motifs is 1. The van der Waals surface area contributed by atoms with E-state index in [1.165, 1.54) is 6.20 Å². The molecule has 3 rings (SSSR count). The van der Waals surface area contributed by atoms with Crippen LogP contribution < -0.4 is 10.1 Å². The molecular formula is C17H17N3O2. The van der Waals surface area contributed by atoms with E-state index in [1.807, 2.05) is 44.2 Å². The number of nitrogens with one attached hydrogen (secondary N) is 2. The standard InChI is InChI=1S/C17H17N3O2/c1-17(2)8-14(12-5-3-4-6-15(12)22-17)20-16(21)13-7-11(9-18)10-19-13/h3-7,10,14,19H,8H2,1-2H3,(H,20,21). The Balaban J connectivity index is 1.85. The quantitative estimate of drug-likeness (QED) is 0.894. The van der Waals surface area contributed by atoms with E-state index >= 15 is 0 Å².